The van der Waals surface area contributed by atoms with Crippen LogP contribution in [0, 0.1) is 13.8 Å². The van der Waals surface area contributed by atoms with Crippen LogP contribution in [0.25, 0.3) is 0 Å². The van der Waals surface area contributed by atoms with Crippen molar-refractivity contribution in [2.75, 3.05) is 44.0 Å². The Morgan fingerprint density at radius 1 is 1.17 bits per heavy atom. The van der Waals surface area contributed by atoms with Crippen LogP contribution in [0.15, 0.2) is 41.5 Å². The molecule has 6 nitrogen and oxygen atoms in total. The fourth-order valence-corrected chi connectivity index (χ4v) is 3.62. The number of anilines is 2. The van der Waals surface area contributed by atoms with Crippen molar-refractivity contribution in [1.82, 2.24) is 15.6 Å². The number of aromatic nitrogens is 1. The molecule has 1 aromatic carbocycles. The van der Waals surface area contributed by atoms with Gasteiger partial charge in [-0.1, -0.05) is 12.1 Å². The standard InChI is InChI=1S/C23H34N6/c1-17-6-9-22(25-15-17)29-12-10-20(11-13-29)27-23(24-3)26-16-19-7-8-21(28(4)5)14-18(19)2/h6-9,14-15,20H,10-13,16H2,1-5H3,(H2,24,26,27). The number of aryl methyl sites for hydroxylation is 2. The monoisotopic (exact) mass is 394 g/mol. The molecule has 0 unspecified atom stereocenters. The van der Waals surface area contributed by atoms with Crippen molar-refractivity contribution < 1.29 is 0 Å². The van der Waals surface area contributed by atoms with Crippen LogP contribution in [0.2, 0.25) is 0 Å². The van der Waals surface area contributed by atoms with Gasteiger partial charge in [-0.3, -0.25) is 4.99 Å². The molecule has 0 radical (unpaired) electrons. The normalized spacial score (nSPS) is 15.3. The molecule has 0 bridgehead atoms. The topological polar surface area (TPSA) is 55.8 Å². The lowest BCUT2D eigenvalue weighted by atomic mass is 10.1. The summed E-state index contributed by atoms with van der Waals surface area (Å²) in [5.74, 6) is 1.95. The number of rotatable bonds is 5. The molecular weight excluding hydrogens is 360 g/mol. The number of hydrogen-bond acceptors (Lipinski definition) is 4. The first kappa shape index (κ1) is 21.0. The van der Waals surface area contributed by atoms with Gasteiger partial charge in [-0.05, 0) is 61.6 Å². The molecule has 6 heteroatoms. The van der Waals surface area contributed by atoms with Gasteiger partial charge < -0.3 is 20.4 Å². The molecule has 0 amide bonds. The maximum atomic E-state index is 4.56. The Hall–Kier alpha value is -2.76. The highest BCUT2D eigenvalue weighted by molar-refractivity contribution is 5.80. The minimum Gasteiger partial charge on any atom is -0.378 e. The molecule has 0 aliphatic carbocycles. The summed E-state index contributed by atoms with van der Waals surface area (Å²) >= 11 is 0. The molecule has 1 fully saturated rings. The number of pyridine rings is 1. The van der Waals surface area contributed by atoms with Crippen LogP contribution in [0.5, 0.6) is 0 Å². The second-order valence-electron chi connectivity index (χ2n) is 8.03. The quantitative estimate of drug-likeness (QED) is 0.603. The molecule has 1 aromatic heterocycles. The maximum Gasteiger partial charge on any atom is 0.191 e. The Bertz CT molecular complexity index is 820. The van der Waals surface area contributed by atoms with E-state index < -0.39 is 0 Å². The van der Waals surface area contributed by atoms with Crippen molar-refractivity contribution in [2.24, 2.45) is 4.99 Å². The van der Waals surface area contributed by atoms with Gasteiger partial charge in [0.2, 0.25) is 0 Å². The lowest BCUT2D eigenvalue weighted by Crippen LogP contribution is -2.48. The number of piperidine rings is 1. The molecule has 156 valence electrons. The average Bonchev–Trinajstić information content (AvgIpc) is 2.72. The van der Waals surface area contributed by atoms with E-state index in [1.165, 1.54) is 22.4 Å². The summed E-state index contributed by atoms with van der Waals surface area (Å²) in [7, 11) is 5.97. The largest absolute Gasteiger partial charge is 0.378 e. The molecule has 0 atom stereocenters. The van der Waals surface area contributed by atoms with Crippen molar-refractivity contribution in [3.8, 4) is 0 Å². The predicted octanol–water partition coefficient (Wildman–Crippen LogP) is 3.10. The number of nitrogens with one attached hydrogen (secondary N) is 2. The van der Waals surface area contributed by atoms with Gasteiger partial charge in [0.15, 0.2) is 5.96 Å². The molecule has 1 aliphatic heterocycles. The highest BCUT2D eigenvalue weighted by Gasteiger charge is 2.20. The van der Waals surface area contributed by atoms with E-state index in [1.54, 1.807) is 0 Å². The van der Waals surface area contributed by atoms with E-state index in [9.17, 15) is 0 Å². The summed E-state index contributed by atoms with van der Waals surface area (Å²) in [6.07, 6.45) is 4.10. The van der Waals surface area contributed by atoms with E-state index in [-0.39, 0.29) is 0 Å². The minimum absolute atomic E-state index is 0.431. The van der Waals surface area contributed by atoms with E-state index in [4.69, 9.17) is 0 Å². The zero-order chi connectivity index (χ0) is 20.8. The third-order valence-corrected chi connectivity index (χ3v) is 5.57. The molecule has 1 saturated heterocycles. The first-order valence-corrected chi connectivity index (χ1v) is 10.4. The van der Waals surface area contributed by atoms with Gasteiger partial charge in [-0.2, -0.15) is 0 Å². The molecule has 1 aliphatic rings. The van der Waals surface area contributed by atoms with E-state index in [1.807, 2.05) is 13.2 Å². The van der Waals surface area contributed by atoms with Crippen molar-refractivity contribution in [1.29, 1.82) is 0 Å². The zero-order valence-electron chi connectivity index (χ0n) is 18.4. The second-order valence-corrected chi connectivity index (χ2v) is 8.03. The van der Waals surface area contributed by atoms with Crippen LogP contribution in [0.3, 0.4) is 0 Å². The number of nitrogens with zero attached hydrogens (tertiary/aromatic N) is 4. The van der Waals surface area contributed by atoms with Crippen LogP contribution in [0.1, 0.15) is 29.5 Å². The number of benzene rings is 1. The summed E-state index contributed by atoms with van der Waals surface area (Å²) in [5.41, 5.74) is 5.01. The SMILES string of the molecule is CN=C(NCc1ccc(N(C)C)cc1C)NC1CCN(c2ccc(C)cn2)CC1. The third-order valence-electron chi connectivity index (χ3n) is 5.57. The fraction of sp³-hybridized carbons (Fsp3) is 0.478. The van der Waals surface area contributed by atoms with Crippen molar-refractivity contribution >= 4 is 17.5 Å². The van der Waals surface area contributed by atoms with Crippen LogP contribution in [0.4, 0.5) is 11.5 Å². The summed E-state index contributed by atoms with van der Waals surface area (Å²) in [5, 5.41) is 7.06. The predicted molar refractivity (Wildman–Crippen MR) is 123 cm³/mol. The summed E-state index contributed by atoms with van der Waals surface area (Å²) in [6.45, 7) is 7.02. The molecular formula is C23H34N6. The van der Waals surface area contributed by atoms with Gasteiger partial charge >= 0.3 is 0 Å². The Balaban J connectivity index is 1.49. The molecule has 2 heterocycles. The number of hydrogen-bond donors (Lipinski definition) is 2. The zero-order valence-corrected chi connectivity index (χ0v) is 18.4. The Morgan fingerprint density at radius 3 is 2.52 bits per heavy atom. The lowest BCUT2D eigenvalue weighted by Gasteiger charge is -2.33. The Morgan fingerprint density at radius 2 is 1.93 bits per heavy atom. The van der Waals surface area contributed by atoms with Crippen molar-refractivity contribution in [3.05, 3.63) is 53.2 Å². The smallest absolute Gasteiger partial charge is 0.191 e. The van der Waals surface area contributed by atoms with Crippen molar-refractivity contribution in [3.63, 3.8) is 0 Å². The van der Waals surface area contributed by atoms with E-state index in [2.05, 4.69) is 88.7 Å². The van der Waals surface area contributed by atoms with Crippen LogP contribution in [-0.4, -0.2) is 51.2 Å². The summed E-state index contributed by atoms with van der Waals surface area (Å²) < 4.78 is 0. The second kappa shape index (κ2) is 9.63. The van der Waals surface area contributed by atoms with Gasteiger partial charge in [0.25, 0.3) is 0 Å². The first-order valence-electron chi connectivity index (χ1n) is 10.4. The van der Waals surface area contributed by atoms with Gasteiger partial charge in [-0.15, -0.1) is 0 Å². The highest BCUT2D eigenvalue weighted by atomic mass is 15.2. The van der Waals surface area contributed by atoms with Gasteiger partial charge in [0, 0.05) is 58.7 Å². The molecule has 3 rings (SSSR count). The Kier molecular flexibility index (Phi) is 6.96. The molecule has 29 heavy (non-hydrogen) atoms. The third kappa shape index (κ3) is 5.62. The highest BCUT2D eigenvalue weighted by Crippen LogP contribution is 2.19. The van der Waals surface area contributed by atoms with Gasteiger partial charge in [0.05, 0.1) is 0 Å². The number of guanidine groups is 1. The lowest BCUT2D eigenvalue weighted by molar-refractivity contribution is 0.459. The van der Waals surface area contributed by atoms with Gasteiger partial charge in [-0.25, -0.2) is 4.98 Å². The molecule has 0 saturated carbocycles. The van der Waals surface area contributed by atoms with Crippen LogP contribution < -0.4 is 20.4 Å². The first-order chi connectivity index (χ1) is 14.0. The van der Waals surface area contributed by atoms with Crippen LogP contribution in [-0.2, 0) is 6.54 Å². The molecule has 2 N–H and O–H groups in total. The van der Waals surface area contributed by atoms with Crippen LogP contribution >= 0.6 is 0 Å². The van der Waals surface area contributed by atoms with Crippen molar-refractivity contribution in [2.45, 2.75) is 39.3 Å². The minimum atomic E-state index is 0.431. The van der Waals surface area contributed by atoms with Gasteiger partial charge in [0.1, 0.15) is 5.82 Å². The molecule has 2 aromatic rings. The summed E-state index contributed by atoms with van der Waals surface area (Å²) in [4.78, 5) is 13.5. The fourth-order valence-electron chi connectivity index (χ4n) is 3.62. The van der Waals surface area contributed by atoms with E-state index in [0.29, 0.717) is 6.04 Å². The van der Waals surface area contributed by atoms with E-state index in [0.717, 1.165) is 44.3 Å². The Labute approximate surface area is 175 Å². The molecule has 0 spiro atoms. The summed E-state index contributed by atoms with van der Waals surface area (Å²) in [6, 6.07) is 11.3. The van der Waals surface area contributed by atoms with E-state index >= 15 is 0 Å². The maximum absolute atomic E-state index is 4.56. The average molecular weight is 395 g/mol. The number of aliphatic imine (C=N–C) groups is 1.